The molecule has 0 radical (unpaired) electrons. The maximum absolute atomic E-state index is 11.0. The molecule has 0 spiro atoms. The van der Waals surface area contributed by atoms with Crippen LogP contribution in [0.15, 0.2) is 0 Å². The van der Waals surface area contributed by atoms with Crippen LogP contribution in [0.3, 0.4) is 0 Å². The summed E-state index contributed by atoms with van der Waals surface area (Å²) < 4.78 is 13.0. The normalized spacial score (nSPS) is 20.7. The van der Waals surface area contributed by atoms with E-state index >= 15 is 0 Å². The maximum atomic E-state index is 11.0. The van der Waals surface area contributed by atoms with Crippen LogP contribution in [0, 0.1) is 5.41 Å². The van der Waals surface area contributed by atoms with Crippen molar-refractivity contribution in [3.8, 4) is 0 Å². The van der Waals surface area contributed by atoms with Crippen LogP contribution in [0.2, 0.25) is 0 Å². The van der Waals surface area contributed by atoms with Crippen molar-refractivity contribution in [3.05, 3.63) is 0 Å². The Balaban J connectivity index is 2.61. The highest BCUT2D eigenvalue weighted by molar-refractivity contribution is 6.13. The summed E-state index contributed by atoms with van der Waals surface area (Å²) in [5.74, 6) is -0.670. The summed E-state index contributed by atoms with van der Waals surface area (Å²) in [6, 6.07) is 0. The Kier molecular flexibility index (Phi) is 2.42. The highest BCUT2D eigenvalue weighted by atomic mass is 35.5. The number of carbonyl (C=O) groups excluding carboxylic acids is 2. The van der Waals surface area contributed by atoms with Crippen molar-refractivity contribution in [1.82, 2.24) is 0 Å². The van der Waals surface area contributed by atoms with E-state index in [9.17, 15) is 9.59 Å². The molecule has 1 heterocycles. The first-order chi connectivity index (χ1) is 5.58. The van der Waals surface area contributed by atoms with Crippen molar-refractivity contribution in [1.29, 1.82) is 0 Å². The molecule has 68 valence electrons. The predicted molar refractivity (Wildman–Crippen MR) is 37.4 cm³/mol. The van der Waals surface area contributed by atoms with E-state index in [4.69, 9.17) is 11.9 Å². The molecule has 0 atom stereocenters. The molecule has 0 bridgehead atoms. The van der Waals surface area contributed by atoms with Gasteiger partial charge in [-0.2, -0.15) is 0 Å². The standard InChI is InChI=1S/C6H7ClO5/c1-6(4(8)12-7)2-10-5(9)11-3-6/h2-3H2,1H3. The average molecular weight is 195 g/mol. The second-order valence-electron chi connectivity index (χ2n) is 2.75. The van der Waals surface area contributed by atoms with Gasteiger partial charge < -0.3 is 13.8 Å². The zero-order valence-corrected chi connectivity index (χ0v) is 7.09. The maximum Gasteiger partial charge on any atom is 0.508 e. The molecule has 1 aliphatic rings. The van der Waals surface area contributed by atoms with Crippen molar-refractivity contribution in [2.75, 3.05) is 13.2 Å². The van der Waals surface area contributed by atoms with Gasteiger partial charge in [-0.25, -0.2) is 9.59 Å². The van der Waals surface area contributed by atoms with Gasteiger partial charge in [0.2, 0.25) is 0 Å². The Morgan fingerprint density at radius 3 is 2.50 bits per heavy atom. The molecule has 12 heavy (non-hydrogen) atoms. The molecule has 0 amide bonds. The zero-order valence-electron chi connectivity index (χ0n) is 6.33. The second-order valence-corrected chi connectivity index (χ2v) is 2.91. The summed E-state index contributed by atoms with van der Waals surface area (Å²) in [5.41, 5.74) is -0.990. The van der Waals surface area contributed by atoms with Gasteiger partial charge in [0.05, 0.1) is 0 Å². The van der Waals surface area contributed by atoms with Gasteiger partial charge in [-0.3, -0.25) is 0 Å². The van der Waals surface area contributed by atoms with Crippen LogP contribution in [-0.2, 0) is 18.6 Å². The van der Waals surface area contributed by atoms with E-state index in [1.165, 1.54) is 6.92 Å². The summed E-state index contributed by atoms with van der Waals surface area (Å²) in [6.07, 6.45) is -0.783. The van der Waals surface area contributed by atoms with E-state index in [1.807, 2.05) is 0 Å². The van der Waals surface area contributed by atoms with Gasteiger partial charge in [0, 0.05) is 0 Å². The van der Waals surface area contributed by atoms with Gasteiger partial charge in [0.1, 0.15) is 30.5 Å². The van der Waals surface area contributed by atoms with E-state index in [0.717, 1.165) is 0 Å². The molecule has 0 aliphatic carbocycles. The number of cyclic esters (lactones) is 2. The van der Waals surface area contributed by atoms with Crippen LogP contribution in [0.25, 0.3) is 0 Å². The summed E-state index contributed by atoms with van der Waals surface area (Å²) in [7, 11) is 0. The summed E-state index contributed by atoms with van der Waals surface area (Å²) in [4.78, 5) is 21.4. The van der Waals surface area contributed by atoms with Crippen LogP contribution in [0.5, 0.6) is 0 Å². The number of hydrogen-bond acceptors (Lipinski definition) is 5. The third-order valence-electron chi connectivity index (χ3n) is 1.58. The summed E-state index contributed by atoms with van der Waals surface area (Å²) in [5, 5.41) is 0. The van der Waals surface area contributed by atoms with E-state index in [-0.39, 0.29) is 13.2 Å². The lowest BCUT2D eigenvalue weighted by atomic mass is 9.93. The van der Waals surface area contributed by atoms with Crippen molar-refractivity contribution in [3.63, 3.8) is 0 Å². The molecule has 0 aromatic carbocycles. The minimum absolute atomic E-state index is 0.0720. The number of hydrogen-bond donors (Lipinski definition) is 0. The Labute approximate surface area is 73.7 Å². The topological polar surface area (TPSA) is 61.8 Å². The van der Waals surface area contributed by atoms with Crippen LogP contribution in [-0.4, -0.2) is 25.3 Å². The summed E-state index contributed by atoms with van der Waals surface area (Å²) in [6.45, 7) is 1.39. The Hall–Kier alpha value is -0.970. The van der Waals surface area contributed by atoms with E-state index in [1.54, 1.807) is 0 Å². The lowest BCUT2D eigenvalue weighted by Gasteiger charge is -2.28. The fourth-order valence-corrected chi connectivity index (χ4v) is 0.917. The van der Waals surface area contributed by atoms with Gasteiger partial charge in [-0.1, -0.05) is 0 Å². The first kappa shape index (κ1) is 9.12. The molecule has 1 fully saturated rings. The number of carbonyl (C=O) groups is 2. The molecule has 1 saturated heterocycles. The van der Waals surface area contributed by atoms with Gasteiger partial charge in [0.25, 0.3) is 0 Å². The Bertz CT molecular complexity index is 204. The van der Waals surface area contributed by atoms with Crippen LogP contribution < -0.4 is 0 Å². The van der Waals surface area contributed by atoms with Crippen molar-refractivity contribution < 1.29 is 23.4 Å². The molecule has 0 unspecified atom stereocenters. The van der Waals surface area contributed by atoms with Crippen LogP contribution >= 0.6 is 11.9 Å². The van der Waals surface area contributed by atoms with E-state index in [2.05, 4.69) is 13.8 Å². The summed E-state index contributed by atoms with van der Waals surface area (Å²) >= 11 is 4.87. The second kappa shape index (κ2) is 3.18. The zero-order chi connectivity index (χ0) is 9.19. The minimum Gasteiger partial charge on any atom is -0.433 e. The monoisotopic (exact) mass is 194 g/mol. The van der Waals surface area contributed by atoms with Crippen molar-refractivity contribution in [2.24, 2.45) is 5.41 Å². The SMILES string of the molecule is CC1(C(=O)OCl)COC(=O)OC1. The third-order valence-corrected chi connectivity index (χ3v) is 1.72. The lowest BCUT2D eigenvalue weighted by molar-refractivity contribution is -0.155. The van der Waals surface area contributed by atoms with Gasteiger partial charge in [0.15, 0.2) is 0 Å². The highest BCUT2D eigenvalue weighted by Gasteiger charge is 2.42. The predicted octanol–water partition coefficient (Wildman–Crippen LogP) is 0.857. The van der Waals surface area contributed by atoms with E-state index < -0.39 is 17.5 Å². The first-order valence-electron chi connectivity index (χ1n) is 3.21. The fourth-order valence-electron chi connectivity index (χ4n) is 0.731. The minimum atomic E-state index is -0.990. The smallest absolute Gasteiger partial charge is 0.433 e. The van der Waals surface area contributed by atoms with E-state index in [0.29, 0.717) is 0 Å². The van der Waals surface area contributed by atoms with Crippen LogP contribution in [0.4, 0.5) is 4.79 Å². The molecular formula is C6H7ClO5. The molecular weight excluding hydrogens is 188 g/mol. The van der Waals surface area contributed by atoms with Gasteiger partial charge >= 0.3 is 12.1 Å². The third kappa shape index (κ3) is 1.61. The van der Waals surface area contributed by atoms with Crippen molar-refractivity contribution in [2.45, 2.75) is 6.92 Å². The molecule has 1 aliphatic heterocycles. The molecule has 0 N–H and O–H groups in total. The Morgan fingerprint density at radius 1 is 1.58 bits per heavy atom. The lowest BCUT2D eigenvalue weighted by Crippen LogP contribution is -2.43. The number of rotatable bonds is 1. The first-order valence-corrected chi connectivity index (χ1v) is 3.52. The molecule has 6 heteroatoms. The van der Waals surface area contributed by atoms with Crippen molar-refractivity contribution >= 4 is 24.0 Å². The number of ether oxygens (including phenoxy) is 2. The highest BCUT2D eigenvalue weighted by Crippen LogP contribution is 2.24. The number of halogens is 1. The quantitative estimate of drug-likeness (QED) is 0.580. The molecule has 0 aromatic heterocycles. The largest absolute Gasteiger partial charge is 0.508 e. The molecule has 1 rings (SSSR count). The molecule has 0 aromatic rings. The Morgan fingerprint density at radius 2 is 2.08 bits per heavy atom. The molecule has 5 nitrogen and oxygen atoms in total. The molecule has 0 saturated carbocycles. The van der Waals surface area contributed by atoms with Crippen LogP contribution in [0.1, 0.15) is 6.92 Å². The fraction of sp³-hybridized carbons (Fsp3) is 0.667. The van der Waals surface area contributed by atoms with Gasteiger partial charge in [-0.05, 0) is 6.92 Å². The average Bonchev–Trinajstić information content (AvgIpc) is 2.09. The van der Waals surface area contributed by atoms with Gasteiger partial charge in [-0.15, -0.1) is 0 Å².